The van der Waals surface area contributed by atoms with Crippen LogP contribution in [0.1, 0.15) is 26.2 Å². The molecule has 31 heavy (non-hydrogen) atoms. The average molecular weight is 446 g/mol. The fourth-order valence-corrected chi connectivity index (χ4v) is 3.24. The Morgan fingerprint density at radius 1 is 1.35 bits per heavy atom. The average Bonchev–Trinajstić information content (AvgIpc) is 3.48. The predicted molar refractivity (Wildman–Crippen MR) is 117 cm³/mol. The van der Waals surface area contributed by atoms with E-state index in [2.05, 4.69) is 30.8 Å². The second-order valence-corrected chi connectivity index (χ2v) is 7.63. The minimum Gasteiger partial charge on any atom is -0.394 e. The lowest BCUT2D eigenvalue weighted by molar-refractivity contribution is -0.105. The highest BCUT2D eigenvalue weighted by atomic mass is 35.5. The molecule has 0 aliphatic heterocycles. The van der Waals surface area contributed by atoms with Crippen molar-refractivity contribution in [1.29, 1.82) is 0 Å². The molecule has 1 aliphatic rings. The summed E-state index contributed by atoms with van der Waals surface area (Å²) in [6, 6.07) is -0.382. The van der Waals surface area contributed by atoms with E-state index >= 15 is 4.39 Å². The van der Waals surface area contributed by atoms with Crippen LogP contribution in [0.2, 0.25) is 5.02 Å². The van der Waals surface area contributed by atoms with Crippen molar-refractivity contribution in [2.24, 2.45) is 0 Å². The summed E-state index contributed by atoms with van der Waals surface area (Å²) in [6.07, 6.45) is 11.3. The zero-order valence-corrected chi connectivity index (χ0v) is 17.4. The van der Waals surface area contributed by atoms with E-state index < -0.39 is 5.82 Å². The third kappa shape index (κ3) is 4.30. The number of carbonyl (C=O) groups is 1. The number of imidazole rings is 1. The van der Waals surface area contributed by atoms with Gasteiger partial charge in [0.2, 0.25) is 6.41 Å². The number of anilines is 2. The van der Waals surface area contributed by atoms with Gasteiger partial charge in [0.15, 0.2) is 17.3 Å². The molecule has 5 rings (SSSR count). The van der Waals surface area contributed by atoms with Gasteiger partial charge in [-0.15, -0.1) is 0 Å². The standard InChI is InChI=1S/C17H15ClFN7O2.C3H6/c1-8(6-27)23-17-15(19)14(18)13(9-2-22-25-16(9)17)10-4-26-5-11(21-7-28)24-12(26)3-20-10;1-2-3-1/h2-5,7-8,23,27H,6H2,1H3,(H,21,28)(H,22,25);1-3H2. The molecule has 1 amide bonds. The van der Waals surface area contributed by atoms with Crippen LogP contribution < -0.4 is 10.6 Å². The number of H-pyrrole nitrogens is 1. The van der Waals surface area contributed by atoms with Crippen molar-refractivity contribution >= 4 is 46.1 Å². The van der Waals surface area contributed by atoms with Crippen LogP contribution in [0.25, 0.3) is 27.8 Å². The van der Waals surface area contributed by atoms with E-state index in [0.717, 1.165) is 0 Å². The van der Waals surface area contributed by atoms with Crippen LogP contribution >= 0.6 is 11.6 Å². The third-order valence-electron chi connectivity index (χ3n) is 4.61. The summed E-state index contributed by atoms with van der Waals surface area (Å²) in [4.78, 5) is 19.1. The number of nitrogens with one attached hydrogen (secondary N) is 3. The minimum absolute atomic E-state index is 0.125. The van der Waals surface area contributed by atoms with Gasteiger partial charge in [-0.25, -0.2) is 9.37 Å². The topological polar surface area (TPSA) is 120 Å². The molecular formula is C20H21ClFN7O2. The number of nitrogens with zero attached hydrogens (tertiary/aromatic N) is 4. The number of aliphatic hydroxyl groups excluding tert-OH is 1. The SMILES string of the molecule is C1CC1.CC(CO)Nc1c(F)c(Cl)c(-c2cn3cc(NC=O)nc3cn2)c2cn[nH]c12. The molecule has 9 nitrogen and oxygen atoms in total. The van der Waals surface area contributed by atoms with Gasteiger partial charge >= 0.3 is 0 Å². The number of aromatic nitrogens is 5. The van der Waals surface area contributed by atoms with Gasteiger partial charge in [0.25, 0.3) is 0 Å². The normalized spacial score (nSPS) is 13.5. The summed E-state index contributed by atoms with van der Waals surface area (Å²) >= 11 is 6.36. The Morgan fingerprint density at radius 3 is 2.81 bits per heavy atom. The quantitative estimate of drug-likeness (QED) is 0.336. The number of amides is 1. The van der Waals surface area contributed by atoms with Crippen molar-refractivity contribution in [2.75, 3.05) is 17.2 Å². The van der Waals surface area contributed by atoms with Crippen LogP contribution in [0.4, 0.5) is 15.9 Å². The molecule has 1 unspecified atom stereocenters. The molecule has 1 fully saturated rings. The second-order valence-electron chi connectivity index (χ2n) is 7.25. The fourth-order valence-electron chi connectivity index (χ4n) is 2.95. The van der Waals surface area contributed by atoms with Gasteiger partial charge in [-0.05, 0) is 6.92 Å². The molecule has 1 saturated carbocycles. The monoisotopic (exact) mass is 445 g/mol. The van der Waals surface area contributed by atoms with Crippen LogP contribution in [0.3, 0.4) is 0 Å². The third-order valence-corrected chi connectivity index (χ3v) is 4.97. The minimum atomic E-state index is -0.676. The van der Waals surface area contributed by atoms with Gasteiger partial charge in [-0.2, -0.15) is 5.10 Å². The Labute approximate surface area is 181 Å². The van der Waals surface area contributed by atoms with Crippen LogP contribution in [0.15, 0.2) is 24.8 Å². The van der Waals surface area contributed by atoms with Gasteiger partial charge in [0, 0.05) is 23.2 Å². The summed E-state index contributed by atoms with van der Waals surface area (Å²) in [7, 11) is 0. The first-order valence-electron chi connectivity index (χ1n) is 9.80. The molecule has 11 heteroatoms. The number of aromatic amines is 1. The van der Waals surface area contributed by atoms with Gasteiger partial charge in [0.05, 0.1) is 47.1 Å². The first-order valence-corrected chi connectivity index (χ1v) is 10.2. The molecule has 3 heterocycles. The zero-order chi connectivity index (χ0) is 22.0. The number of rotatable bonds is 6. The lowest BCUT2D eigenvalue weighted by Crippen LogP contribution is -2.20. The molecule has 162 valence electrons. The van der Waals surface area contributed by atoms with Gasteiger partial charge < -0.3 is 20.1 Å². The van der Waals surface area contributed by atoms with Crippen molar-refractivity contribution in [3.05, 3.63) is 35.6 Å². The summed E-state index contributed by atoms with van der Waals surface area (Å²) in [5.41, 5.74) is 1.81. The van der Waals surface area contributed by atoms with E-state index in [1.807, 2.05) is 0 Å². The highest BCUT2D eigenvalue weighted by Gasteiger charge is 2.23. The number of fused-ring (bicyclic) bond motifs is 2. The Morgan fingerprint density at radius 2 is 2.13 bits per heavy atom. The second kappa shape index (κ2) is 8.86. The van der Waals surface area contributed by atoms with E-state index in [-0.39, 0.29) is 23.4 Å². The summed E-state index contributed by atoms with van der Waals surface area (Å²) in [6.45, 7) is 1.54. The molecule has 3 aromatic heterocycles. The van der Waals surface area contributed by atoms with Crippen molar-refractivity contribution in [1.82, 2.24) is 24.6 Å². The summed E-state index contributed by atoms with van der Waals surface area (Å²) in [5, 5.41) is 21.8. The number of aliphatic hydroxyl groups is 1. The van der Waals surface area contributed by atoms with Gasteiger partial charge in [-0.1, -0.05) is 30.9 Å². The number of halogens is 2. The number of benzene rings is 1. The molecule has 4 aromatic rings. The molecule has 1 aromatic carbocycles. The lowest BCUT2D eigenvalue weighted by atomic mass is 10.0. The molecule has 0 bridgehead atoms. The highest BCUT2D eigenvalue weighted by molar-refractivity contribution is 6.35. The van der Waals surface area contributed by atoms with Gasteiger partial charge in [-0.3, -0.25) is 14.9 Å². The molecular weight excluding hydrogens is 425 g/mol. The Bertz CT molecular complexity index is 1230. The number of hydrogen-bond acceptors (Lipinski definition) is 6. The molecule has 0 saturated heterocycles. The summed E-state index contributed by atoms with van der Waals surface area (Å²) < 4.78 is 16.7. The van der Waals surface area contributed by atoms with E-state index in [9.17, 15) is 9.90 Å². The molecule has 1 aliphatic carbocycles. The van der Waals surface area contributed by atoms with Crippen LogP contribution in [0, 0.1) is 5.82 Å². The molecule has 0 radical (unpaired) electrons. The Balaban J connectivity index is 0.000000710. The van der Waals surface area contributed by atoms with Crippen molar-refractivity contribution in [3.63, 3.8) is 0 Å². The largest absolute Gasteiger partial charge is 0.394 e. The van der Waals surface area contributed by atoms with E-state index in [0.29, 0.717) is 40.0 Å². The lowest BCUT2D eigenvalue weighted by Gasteiger charge is -2.16. The molecule has 0 spiro atoms. The van der Waals surface area contributed by atoms with E-state index in [1.54, 1.807) is 23.7 Å². The Kier molecular flexibility index (Phi) is 6.01. The smallest absolute Gasteiger partial charge is 0.212 e. The molecule has 1 atom stereocenters. The number of hydrogen-bond donors (Lipinski definition) is 4. The maximum atomic E-state index is 15.1. The van der Waals surface area contributed by atoms with Crippen LogP contribution in [-0.2, 0) is 4.79 Å². The Hall–Kier alpha value is -3.24. The van der Waals surface area contributed by atoms with Crippen molar-refractivity contribution in [3.8, 4) is 11.3 Å². The van der Waals surface area contributed by atoms with E-state index in [1.165, 1.54) is 31.7 Å². The van der Waals surface area contributed by atoms with Gasteiger partial charge in [0.1, 0.15) is 0 Å². The van der Waals surface area contributed by atoms with Crippen LogP contribution in [-0.4, -0.2) is 48.7 Å². The van der Waals surface area contributed by atoms with Crippen molar-refractivity contribution in [2.45, 2.75) is 32.2 Å². The number of carbonyl (C=O) groups excluding carboxylic acids is 1. The molecule has 4 N–H and O–H groups in total. The maximum absolute atomic E-state index is 15.1. The summed E-state index contributed by atoms with van der Waals surface area (Å²) in [5.74, 6) is -0.318. The predicted octanol–water partition coefficient (Wildman–Crippen LogP) is 3.60. The van der Waals surface area contributed by atoms with Crippen molar-refractivity contribution < 1.29 is 14.3 Å². The first-order chi connectivity index (χ1) is 15.0. The van der Waals surface area contributed by atoms with Crippen LogP contribution in [0.5, 0.6) is 0 Å². The maximum Gasteiger partial charge on any atom is 0.212 e. The highest BCUT2D eigenvalue weighted by Crippen LogP contribution is 2.40. The first kappa shape index (κ1) is 21.0. The fraction of sp³-hybridized carbons (Fsp3) is 0.300. The zero-order valence-electron chi connectivity index (χ0n) is 16.7. The van der Waals surface area contributed by atoms with E-state index in [4.69, 9.17) is 11.6 Å².